The smallest absolute Gasteiger partial charge is 0.261 e. The molecule has 2 N–H and O–H groups in total. The highest BCUT2D eigenvalue weighted by atomic mass is 19.3. The number of rotatable bonds is 6. The lowest BCUT2D eigenvalue weighted by molar-refractivity contribution is 0.0207. The number of aliphatic imine (C=N–C) groups is 1. The molecule has 1 aliphatic carbocycles. The number of halogens is 2. The summed E-state index contributed by atoms with van der Waals surface area (Å²) in [5.74, 6) is 1.08. The second-order valence-corrected chi connectivity index (χ2v) is 3.05. The Morgan fingerprint density at radius 1 is 1.54 bits per heavy atom. The summed E-state index contributed by atoms with van der Waals surface area (Å²) in [7, 11) is 0. The van der Waals surface area contributed by atoms with Gasteiger partial charge >= 0.3 is 0 Å². The van der Waals surface area contributed by atoms with E-state index in [0.29, 0.717) is 18.3 Å². The van der Waals surface area contributed by atoms with Crippen molar-refractivity contribution in [1.82, 2.24) is 0 Å². The second-order valence-electron chi connectivity index (χ2n) is 3.05. The van der Waals surface area contributed by atoms with E-state index in [4.69, 9.17) is 5.73 Å². The third-order valence-electron chi connectivity index (χ3n) is 1.77. The number of hydrogen-bond donors (Lipinski definition) is 1. The maximum Gasteiger partial charge on any atom is 0.261 e. The van der Waals surface area contributed by atoms with Crippen LogP contribution in [0, 0.1) is 5.92 Å². The Bertz CT molecular complexity index is 181. The molecule has 0 aromatic carbocycles. The first-order valence-corrected chi connectivity index (χ1v) is 4.36. The molecule has 0 heterocycles. The Hall–Kier alpha value is -0.710. The van der Waals surface area contributed by atoms with E-state index in [1.165, 1.54) is 0 Å². The molecular weight excluding hydrogens is 178 g/mol. The van der Waals surface area contributed by atoms with Gasteiger partial charge in [0.05, 0.1) is 19.0 Å². The van der Waals surface area contributed by atoms with Gasteiger partial charge in [-0.15, -0.1) is 0 Å². The monoisotopic (exact) mass is 192 g/mol. The fourth-order valence-electron chi connectivity index (χ4n) is 0.920. The van der Waals surface area contributed by atoms with Crippen molar-refractivity contribution in [3.63, 3.8) is 0 Å². The number of hydrogen-bond acceptors (Lipinski definition) is 2. The molecule has 0 bridgehead atoms. The second kappa shape index (κ2) is 5.11. The minimum Gasteiger partial charge on any atom is -0.387 e. The van der Waals surface area contributed by atoms with Gasteiger partial charge in [-0.25, -0.2) is 8.78 Å². The molecule has 5 heteroatoms. The van der Waals surface area contributed by atoms with Crippen molar-refractivity contribution < 1.29 is 13.5 Å². The quantitative estimate of drug-likeness (QED) is 0.388. The minimum absolute atomic E-state index is 0.220. The minimum atomic E-state index is -2.40. The summed E-state index contributed by atoms with van der Waals surface area (Å²) in [6.07, 6.45) is -0.190. The molecule has 0 atom stereocenters. The maximum atomic E-state index is 11.6. The van der Waals surface area contributed by atoms with Gasteiger partial charge in [0.1, 0.15) is 6.61 Å². The predicted molar refractivity (Wildman–Crippen MR) is 46.0 cm³/mol. The highest BCUT2D eigenvalue weighted by Crippen LogP contribution is 2.28. The van der Waals surface area contributed by atoms with E-state index < -0.39 is 13.0 Å². The molecule has 3 nitrogen and oxygen atoms in total. The standard InChI is InChI=1S/C8H14F2N2O/c9-7(10)5-13-4-3-12-8(11)6-1-2-6/h6-7H,1-5H2,(H2,11,12). The Morgan fingerprint density at radius 2 is 2.23 bits per heavy atom. The van der Waals surface area contributed by atoms with Crippen LogP contribution in [0.5, 0.6) is 0 Å². The summed E-state index contributed by atoms with van der Waals surface area (Å²) < 4.78 is 27.8. The Balaban J connectivity index is 1.96. The molecule has 1 fully saturated rings. The van der Waals surface area contributed by atoms with Gasteiger partial charge in [0.2, 0.25) is 0 Å². The van der Waals surface area contributed by atoms with Crippen molar-refractivity contribution in [2.45, 2.75) is 19.3 Å². The van der Waals surface area contributed by atoms with Gasteiger partial charge in [0, 0.05) is 5.92 Å². The van der Waals surface area contributed by atoms with Gasteiger partial charge in [-0.3, -0.25) is 4.99 Å². The number of nitrogens with two attached hydrogens (primary N) is 1. The van der Waals surface area contributed by atoms with Crippen LogP contribution in [-0.4, -0.2) is 32.0 Å². The zero-order valence-corrected chi connectivity index (χ0v) is 7.38. The Morgan fingerprint density at radius 3 is 2.77 bits per heavy atom. The van der Waals surface area contributed by atoms with Crippen LogP contribution in [0.25, 0.3) is 0 Å². The molecule has 76 valence electrons. The zero-order valence-electron chi connectivity index (χ0n) is 7.38. The van der Waals surface area contributed by atoms with Crippen molar-refractivity contribution in [2.75, 3.05) is 19.8 Å². The topological polar surface area (TPSA) is 47.6 Å². The average molecular weight is 192 g/mol. The molecule has 1 saturated carbocycles. The van der Waals surface area contributed by atoms with E-state index in [1.807, 2.05) is 0 Å². The number of alkyl halides is 2. The first-order valence-electron chi connectivity index (χ1n) is 4.36. The molecule has 0 saturated heterocycles. The maximum absolute atomic E-state index is 11.6. The van der Waals surface area contributed by atoms with Crippen LogP contribution in [0.2, 0.25) is 0 Å². The predicted octanol–water partition coefficient (Wildman–Crippen LogP) is 1.04. The summed E-state index contributed by atoms with van der Waals surface area (Å²) in [5.41, 5.74) is 5.57. The highest BCUT2D eigenvalue weighted by Gasteiger charge is 2.24. The molecule has 0 amide bonds. The fraction of sp³-hybridized carbons (Fsp3) is 0.875. The van der Waals surface area contributed by atoms with Gasteiger partial charge in [0.25, 0.3) is 6.43 Å². The molecule has 1 aliphatic rings. The first-order chi connectivity index (χ1) is 6.20. The number of nitrogens with zero attached hydrogens (tertiary/aromatic N) is 1. The van der Waals surface area contributed by atoms with Crippen LogP contribution in [0.1, 0.15) is 12.8 Å². The lowest BCUT2D eigenvalue weighted by atomic mass is 10.4. The molecule has 0 radical (unpaired) electrons. The molecule has 1 rings (SSSR count). The summed E-state index contributed by atoms with van der Waals surface area (Å²) in [6.45, 7) is 0.0890. The lowest BCUT2D eigenvalue weighted by Crippen LogP contribution is -2.16. The van der Waals surface area contributed by atoms with E-state index in [-0.39, 0.29) is 6.61 Å². The average Bonchev–Trinajstić information content (AvgIpc) is 2.85. The van der Waals surface area contributed by atoms with E-state index >= 15 is 0 Å². The lowest BCUT2D eigenvalue weighted by Gasteiger charge is -2.01. The summed E-state index contributed by atoms with van der Waals surface area (Å²) in [5, 5.41) is 0. The largest absolute Gasteiger partial charge is 0.387 e. The van der Waals surface area contributed by atoms with Gasteiger partial charge < -0.3 is 10.5 Å². The van der Waals surface area contributed by atoms with Crippen LogP contribution in [0.3, 0.4) is 0 Å². The van der Waals surface area contributed by atoms with E-state index in [0.717, 1.165) is 12.8 Å². The van der Waals surface area contributed by atoms with Gasteiger partial charge in [-0.2, -0.15) is 0 Å². The molecule has 0 aromatic rings. The molecule has 0 unspecified atom stereocenters. The number of ether oxygens (including phenoxy) is 1. The molecule has 0 aliphatic heterocycles. The van der Waals surface area contributed by atoms with E-state index in [2.05, 4.69) is 9.73 Å². The van der Waals surface area contributed by atoms with Crippen molar-refractivity contribution >= 4 is 5.84 Å². The summed E-state index contributed by atoms with van der Waals surface area (Å²) in [4.78, 5) is 4.01. The first kappa shape index (κ1) is 10.4. The van der Waals surface area contributed by atoms with Crippen molar-refractivity contribution in [3.05, 3.63) is 0 Å². The normalized spacial score (nSPS) is 18.2. The Labute approximate surface area is 76.0 Å². The van der Waals surface area contributed by atoms with Crippen LogP contribution >= 0.6 is 0 Å². The SMILES string of the molecule is NC(=NCCOCC(F)F)C1CC1. The van der Waals surface area contributed by atoms with Gasteiger partial charge in [0.15, 0.2) is 0 Å². The third-order valence-corrected chi connectivity index (χ3v) is 1.77. The molecular formula is C8H14F2N2O. The third kappa shape index (κ3) is 4.77. The van der Waals surface area contributed by atoms with E-state index in [9.17, 15) is 8.78 Å². The number of amidine groups is 1. The van der Waals surface area contributed by atoms with Crippen LogP contribution in [-0.2, 0) is 4.74 Å². The van der Waals surface area contributed by atoms with E-state index in [1.54, 1.807) is 0 Å². The van der Waals surface area contributed by atoms with Crippen molar-refractivity contribution in [3.8, 4) is 0 Å². The summed E-state index contributed by atoms with van der Waals surface area (Å²) in [6, 6.07) is 0. The van der Waals surface area contributed by atoms with Crippen molar-refractivity contribution in [1.29, 1.82) is 0 Å². The van der Waals surface area contributed by atoms with Crippen molar-refractivity contribution in [2.24, 2.45) is 16.6 Å². The van der Waals surface area contributed by atoms with Gasteiger partial charge in [-0.05, 0) is 12.8 Å². The Kier molecular flexibility index (Phi) is 4.08. The zero-order chi connectivity index (χ0) is 9.68. The highest BCUT2D eigenvalue weighted by molar-refractivity contribution is 5.84. The summed E-state index contributed by atoms with van der Waals surface area (Å²) >= 11 is 0. The molecule has 0 spiro atoms. The van der Waals surface area contributed by atoms with Gasteiger partial charge in [-0.1, -0.05) is 0 Å². The fourth-order valence-corrected chi connectivity index (χ4v) is 0.920. The van der Waals surface area contributed by atoms with Crippen LogP contribution in [0.4, 0.5) is 8.78 Å². The van der Waals surface area contributed by atoms with Crippen LogP contribution < -0.4 is 5.73 Å². The molecule has 0 aromatic heterocycles. The molecule has 13 heavy (non-hydrogen) atoms. The van der Waals surface area contributed by atoms with Crippen LogP contribution in [0.15, 0.2) is 4.99 Å².